The van der Waals surface area contributed by atoms with Crippen LogP contribution in [0, 0.1) is 23.2 Å². The Morgan fingerprint density at radius 2 is 1.86 bits per heavy atom. The Labute approximate surface area is 215 Å². The number of carbonyl (C=O) groups is 1. The minimum atomic E-state index is -0.522. The Balaban J connectivity index is 1.17. The maximum Gasteiger partial charge on any atom is 0.228 e. The standard InChI is InChI=1S/C31H40N2O3/c1-31-13-12-25-24-11-9-23(36-20-21-6-4-3-5-7-21)18-22(24)8-10-26(25)28(31)19-27(29(31)34)30(35)33-16-14-32(2)15-17-33/h3-7,9,11,18,25-29,34H,8,10,12-17,19-20H2,1-2H3. The summed E-state index contributed by atoms with van der Waals surface area (Å²) in [6, 6.07) is 17.0. The van der Waals surface area contributed by atoms with Gasteiger partial charge in [0.15, 0.2) is 0 Å². The maximum atomic E-state index is 13.5. The Bertz CT molecular complexity index is 1100. The molecular weight excluding hydrogens is 448 g/mol. The number of aliphatic hydroxyl groups is 1. The summed E-state index contributed by atoms with van der Waals surface area (Å²) >= 11 is 0. The molecule has 0 spiro atoms. The van der Waals surface area contributed by atoms with Crippen molar-refractivity contribution < 1.29 is 14.6 Å². The summed E-state index contributed by atoms with van der Waals surface area (Å²) in [5.74, 6) is 2.39. The predicted octanol–water partition coefficient (Wildman–Crippen LogP) is 4.48. The first kappa shape index (κ1) is 24.0. The number of benzene rings is 2. The summed E-state index contributed by atoms with van der Waals surface area (Å²) in [5, 5.41) is 11.5. The lowest BCUT2D eigenvalue weighted by Crippen LogP contribution is -2.51. The quantitative estimate of drug-likeness (QED) is 0.689. The van der Waals surface area contributed by atoms with Crippen molar-refractivity contribution in [1.82, 2.24) is 9.80 Å². The second-order valence-corrected chi connectivity index (χ2v) is 12.0. The molecule has 3 aliphatic carbocycles. The minimum absolute atomic E-state index is 0.149. The van der Waals surface area contributed by atoms with Gasteiger partial charge in [-0.3, -0.25) is 4.79 Å². The molecule has 2 aromatic carbocycles. The molecule has 0 bridgehead atoms. The number of ether oxygens (including phenoxy) is 1. The van der Waals surface area contributed by atoms with Gasteiger partial charge in [0.2, 0.25) is 5.91 Å². The first-order valence-corrected chi connectivity index (χ1v) is 13.9. The van der Waals surface area contributed by atoms with Gasteiger partial charge in [-0.25, -0.2) is 0 Å². The van der Waals surface area contributed by atoms with E-state index < -0.39 is 6.10 Å². The predicted molar refractivity (Wildman–Crippen MR) is 141 cm³/mol. The van der Waals surface area contributed by atoms with E-state index in [0.29, 0.717) is 24.4 Å². The monoisotopic (exact) mass is 488 g/mol. The molecule has 4 aliphatic rings. The van der Waals surface area contributed by atoms with Crippen molar-refractivity contribution in [2.75, 3.05) is 33.2 Å². The van der Waals surface area contributed by atoms with Crippen LogP contribution in [0.15, 0.2) is 48.5 Å². The molecule has 1 saturated heterocycles. The molecule has 3 fully saturated rings. The van der Waals surface area contributed by atoms with E-state index in [9.17, 15) is 9.90 Å². The molecule has 6 unspecified atom stereocenters. The van der Waals surface area contributed by atoms with Crippen molar-refractivity contribution in [2.45, 2.75) is 57.7 Å². The van der Waals surface area contributed by atoms with E-state index >= 15 is 0 Å². The highest BCUT2D eigenvalue weighted by Crippen LogP contribution is 2.62. The second-order valence-electron chi connectivity index (χ2n) is 12.0. The van der Waals surface area contributed by atoms with Crippen LogP contribution in [0.25, 0.3) is 0 Å². The summed E-state index contributed by atoms with van der Waals surface area (Å²) in [6.07, 6.45) is 4.61. The van der Waals surface area contributed by atoms with Crippen LogP contribution >= 0.6 is 0 Å². The van der Waals surface area contributed by atoms with Gasteiger partial charge in [0.1, 0.15) is 12.4 Å². The summed E-state index contributed by atoms with van der Waals surface area (Å²) in [6.45, 7) is 6.28. The van der Waals surface area contributed by atoms with E-state index in [1.54, 1.807) is 0 Å². The van der Waals surface area contributed by atoms with E-state index in [1.807, 2.05) is 23.1 Å². The van der Waals surface area contributed by atoms with Crippen LogP contribution in [0.3, 0.4) is 0 Å². The van der Waals surface area contributed by atoms with Gasteiger partial charge in [0, 0.05) is 26.2 Å². The number of hydrogen-bond donors (Lipinski definition) is 1. The van der Waals surface area contributed by atoms with Crippen LogP contribution in [0.2, 0.25) is 0 Å². The number of carbonyl (C=O) groups excluding carboxylic acids is 1. The largest absolute Gasteiger partial charge is 0.489 e. The van der Waals surface area contributed by atoms with E-state index in [2.05, 4.69) is 49.2 Å². The zero-order chi connectivity index (χ0) is 24.9. The minimum Gasteiger partial charge on any atom is -0.489 e. The number of aryl methyl sites for hydroxylation is 1. The van der Waals surface area contributed by atoms with Gasteiger partial charge in [-0.05, 0) is 91.1 Å². The highest BCUT2D eigenvalue weighted by atomic mass is 16.5. The number of piperazine rings is 1. The molecule has 1 heterocycles. The van der Waals surface area contributed by atoms with Crippen LogP contribution in [-0.4, -0.2) is 60.1 Å². The molecule has 0 radical (unpaired) electrons. The molecule has 2 aromatic rings. The number of fused-ring (bicyclic) bond motifs is 5. The Hall–Kier alpha value is -2.37. The lowest BCUT2D eigenvalue weighted by Gasteiger charge is -2.50. The average molecular weight is 489 g/mol. The van der Waals surface area contributed by atoms with Crippen LogP contribution < -0.4 is 4.74 Å². The number of likely N-dealkylation sites (N-methyl/N-ethyl adjacent to an activating group) is 1. The third-order valence-corrected chi connectivity index (χ3v) is 10.1. The highest BCUT2D eigenvalue weighted by Gasteiger charge is 2.59. The zero-order valence-electron chi connectivity index (χ0n) is 21.7. The van der Waals surface area contributed by atoms with Gasteiger partial charge >= 0.3 is 0 Å². The summed E-state index contributed by atoms with van der Waals surface area (Å²) < 4.78 is 6.12. The van der Waals surface area contributed by atoms with Gasteiger partial charge in [0.25, 0.3) is 0 Å². The molecule has 1 N–H and O–H groups in total. The normalized spacial score (nSPS) is 34.0. The topological polar surface area (TPSA) is 53.0 Å². The van der Waals surface area contributed by atoms with Crippen LogP contribution in [-0.2, 0) is 17.8 Å². The van der Waals surface area contributed by atoms with E-state index in [4.69, 9.17) is 4.74 Å². The fourth-order valence-electron chi connectivity index (χ4n) is 7.91. The van der Waals surface area contributed by atoms with Gasteiger partial charge in [0.05, 0.1) is 12.0 Å². The lowest BCUT2D eigenvalue weighted by molar-refractivity contribution is -0.141. The van der Waals surface area contributed by atoms with Gasteiger partial charge < -0.3 is 19.6 Å². The molecule has 5 heteroatoms. The van der Waals surface area contributed by atoms with E-state index in [-0.39, 0.29) is 17.2 Å². The Kier molecular flexibility index (Phi) is 6.33. The lowest BCUT2D eigenvalue weighted by atomic mass is 9.55. The second kappa shape index (κ2) is 9.50. The summed E-state index contributed by atoms with van der Waals surface area (Å²) in [7, 11) is 2.11. The van der Waals surface area contributed by atoms with Crippen LogP contribution in [0.5, 0.6) is 5.75 Å². The maximum absolute atomic E-state index is 13.5. The number of nitrogens with zero attached hydrogens (tertiary/aromatic N) is 2. The first-order chi connectivity index (χ1) is 17.4. The van der Waals surface area contributed by atoms with Crippen molar-refractivity contribution in [1.29, 1.82) is 0 Å². The zero-order valence-corrected chi connectivity index (χ0v) is 21.7. The fraction of sp³-hybridized carbons (Fsp3) is 0.581. The Morgan fingerprint density at radius 3 is 2.64 bits per heavy atom. The van der Waals surface area contributed by atoms with Gasteiger partial charge in [-0.1, -0.05) is 43.3 Å². The number of amides is 1. The third-order valence-electron chi connectivity index (χ3n) is 10.1. The number of aliphatic hydroxyl groups excluding tert-OH is 1. The van der Waals surface area contributed by atoms with E-state index in [1.165, 1.54) is 16.7 Å². The SMILES string of the molecule is CN1CCN(C(=O)C2CC3C4CCc5cc(OCc6ccccc6)ccc5C4CCC3(C)C2O)CC1. The van der Waals surface area contributed by atoms with Crippen molar-refractivity contribution in [3.8, 4) is 5.75 Å². The van der Waals surface area contributed by atoms with Crippen molar-refractivity contribution in [3.05, 3.63) is 65.2 Å². The van der Waals surface area contributed by atoms with Gasteiger partial charge in [-0.2, -0.15) is 0 Å². The van der Waals surface area contributed by atoms with Crippen LogP contribution in [0.4, 0.5) is 0 Å². The molecule has 6 rings (SSSR count). The molecule has 1 aliphatic heterocycles. The van der Waals surface area contributed by atoms with Crippen LogP contribution in [0.1, 0.15) is 55.2 Å². The smallest absolute Gasteiger partial charge is 0.228 e. The van der Waals surface area contributed by atoms with Crippen molar-refractivity contribution in [3.63, 3.8) is 0 Å². The molecule has 1 amide bonds. The first-order valence-electron chi connectivity index (χ1n) is 13.9. The molecule has 5 nitrogen and oxygen atoms in total. The number of rotatable bonds is 4. The molecule has 36 heavy (non-hydrogen) atoms. The third kappa shape index (κ3) is 4.14. The molecule has 0 aromatic heterocycles. The fourth-order valence-corrected chi connectivity index (χ4v) is 7.91. The van der Waals surface area contributed by atoms with Gasteiger partial charge in [-0.15, -0.1) is 0 Å². The number of hydrogen-bond acceptors (Lipinski definition) is 4. The van der Waals surface area contributed by atoms with E-state index in [0.717, 1.165) is 64.0 Å². The molecule has 192 valence electrons. The highest BCUT2D eigenvalue weighted by molar-refractivity contribution is 5.80. The summed E-state index contributed by atoms with van der Waals surface area (Å²) in [4.78, 5) is 17.8. The molecular formula is C31H40N2O3. The average Bonchev–Trinajstić information content (AvgIpc) is 3.18. The summed E-state index contributed by atoms with van der Waals surface area (Å²) in [5.41, 5.74) is 3.93. The molecule has 6 atom stereocenters. The van der Waals surface area contributed by atoms with Crippen molar-refractivity contribution >= 4 is 5.91 Å². The Morgan fingerprint density at radius 1 is 1.08 bits per heavy atom. The van der Waals surface area contributed by atoms with Crippen molar-refractivity contribution in [2.24, 2.45) is 23.2 Å². The molecule has 2 saturated carbocycles.